The zero-order chi connectivity index (χ0) is 18.2. The summed E-state index contributed by atoms with van der Waals surface area (Å²) < 4.78 is 0. The Morgan fingerprint density at radius 2 is 2.08 bits per heavy atom. The molecule has 3 rings (SSSR count). The van der Waals surface area contributed by atoms with E-state index in [2.05, 4.69) is 63.0 Å². The summed E-state index contributed by atoms with van der Waals surface area (Å²) in [5.41, 5.74) is 6.23. The molecule has 1 fully saturated rings. The van der Waals surface area contributed by atoms with Crippen molar-refractivity contribution in [2.75, 3.05) is 6.54 Å². The zero-order valence-corrected chi connectivity index (χ0v) is 16.0. The Balaban J connectivity index is 2.13. The van der Waals surface area contributed by atoms with Crippen molar-refractivity contribution in [1.82, 2.24) is 5.32 Å². The molecule has 0 spiro atoms. The van der Waals surface area contributed by atoms with Crippen LogP contribution in [0.5, 0.6) is 0 Å². The molecule has 2 heteroatoms. The minimum absolute atomic E-state index is 0.0112. The molecule has 3 atom stereocenters. The van der Waals surface area contributed by atoms with Crippen molar-refractivity contribution in [1.29, 1.82) is 0 Å². The molecule has 1 aliphatic heterocycles. The molecule has 3 unspecified atom stereocenters. The fourth-order valence-electron chi connectivity index (χ4n) is 4.23. The summed E-state index contributed by atoms with van der Waals surface area (Å²) in [6, 6.07) is 6.90. The molecule has 1 heterocycles. The molecule has 1 aromatic carbocycles. The fourth-order valence-corrected chi connectivity index (χ4v) is 4.23. The number of nitrogens with one attached hydrogen (secondary N) is 1. The Morgan fingerprint density at radius 1 is 1.32 bits per heavy atom. The van der Waals surface area contributed by atoms with Gasteiger partial charge >= 0.3 is 0 Å². The molecule has 2 nitrogen and oxygen atoms in total. The summed E-state index contributed by atoms with van der Waals surface area (Å²) in [6.45, 7) is 13.8. The number of rotatable bonds is 4. The predicted molar refractivity (Wildman–Crippen MR) is 107 cm³/mol. The minimum Gasteiger partial charge on any atom is -0.391 e. The van der Waals surface area contributed by atoms with E-state index in [1.807, 2.05) is 13.0 Å². The summed E-state index contributed by atoms with van der Waals surface area (Å²) in [7, 11) is 0. The van der Waals surface area contributed by atoms with Gasteiger partial charge in [-0.1, -0.05) is 63.8 Å². The Labute approximate surface area is 152 Å². The molecule has 0 aromatic heterocycles. The van der Waals surface area contributed by atoms with Gasteiger partial charge in [-0.25, -0.2) is 0 Å². The standard InChI is InChI=1S/C23H31NO/c1-6-9-18-16(7-2)17-12-11-15(23(3,4)5)14-19(17)21(18)22(25)20-10-8-13-24-20/h6-7,9,11-12,14,20-22,24-25H,2,8,10,13H2,1,3-5H3/b9-6-. The molecule has 0 amide bonds. The first-order valence-electron chi connectivity index (χ1n) is 9.44. The summed E-state index contributed by atoms with van der Waals surface area (Å²) >= 11 is 0. The normalized spacial score (nSPS) is 24.8. The van der Waals surface area contributed by atoms with E-state index >= 15 is 0 Å². The van der Waals surface area contributed by atoms with E-state index in [1.165, 1.54) is 22.3 Å². The molecule has 1 aliphatic carbocycles. The summed E-state index contributed by atoms with van der Waals surface area (Å²) in [5.74, 6) is 0.0112. The van der Waals surface area contributed by atoms with E-state index in [-0.39, 0.29) is 17.4 Å². The third-order valence-corrected chi connectivity index (χ3v) is 5.59. The first kappa shape index (κ1) is 18.2. The molecule has 1 aromatic rings. The molecule has 134 valence electrons. The van der Waals surface area contributed by atoms with Crippen LogP contribution in [0.1, 0.15) is 63.1 Å². The molecule has 1 saturated heterocycles. The van der Waals surface area contributed by atoms with Gasteiger partial charge in [0.2, 0.25) is 0 Å². The first-order valence-corrected chi connectivity index (χ1v) is 9.44. The van der Waals surface area contributed by atoms with Crippen molar-refractivity contribution in [2.45, 2.75) is 64.0 Å². The van der Waals surface area contributed by atoms with Gasteiger partial charge in [0.15, 0.2) is 0 Å². The number of fused-ring (bicyclic) bond motifs is 1. The van der Waals surface area contributed by atoms with Gasteiger partial charge in [-0.15, -0.1) is 0 Å². The smallest absolute Gasteiger partial charge is 0.0802 e. The Bertz CT molecular complexity index is 714. The average molecular weight is 338 g/mol. The zero-order valence-electron chi connectivity index (χ0n) is 16.0. The van der Waals surface area contributed by atoms with Gasteiger partial charge in [-0.2, -0.15) is 0 Å². The van der Waals surface area contributed by atoms with E-state index in [1.54, 1.807) is 0 Å². The number of hydrogen-bond donors (Lipinski definition) is 2. The van der Waals surface area contributed by atoms with E-state index in [9.17, 15) is 5.11 Å². The maximum absolute atomic E-state index is 11.2. The maximum Gasteiger partial charge on any atom is 0.0802 e. The van der Waals surface area contributed by atoms with Crippen LogP contribution in [0.15, 0.2) is 48.6 Å². The van der Waals surface area contributed by atoms with Crippen LogP contribution in [0.2, 0.25) is 0 Å². The third-order valence-electron chi connectivity index (χ3n) is 5.59. The average Bonchev–Trinajstić information content (AvgIpc) is 3.19. The highest BCUT2D eigenvalue weighted by atomic mass is 16.3. The van der Waals surface area contributed by atoms with E-state index in [0.717, 1.165) is 25.0 Å². The highest BCUT2D eigenvalue weighted by molar-refractivity contribution is 5.86. The number of aliphatic hydroxyl groups is 1. The van der Waals surface area contributed by atoms with Crippen molar-refractivity contribution in [2.24, 2.45) is 0 Å². The van der Waals surface area contributed by atoms with Crippen LogP contribution in [-0.2, 0) is 5.41 Å². The molecule has 2 N–H and O–H groups in total. The highest BCUT2D eigenvalue weighted by Crippen LogP contribution is 2.47. The summed E-state index contributed by atoms with van der Waals surface area (Å²) in [4.78, 5) is 0. The van der Waals surface area contributed by atoms with Crippen LogP contribution in [0.25, 0.3) is 5.57 Å². The molecule has 0 saturated carbocycles. The molecule has 0 radical (unpaired) electrons. The van der Waals surface area contributed by atoms with Gasteiger partial charge in [-0.3, -0.25) is 0 Å². The lowest BCUT2D eigenvalue weighted by molar-refractivity contribution is 0.120. The number of allylic oxidation sites excluding steroid dienone is 4. The Kier molecular flexibility index (Phi) is 5.04. The highest BCUT2D eigenvalue weighted by Gasteiger charge is 2.38. The molecule has 2 aliphatic rings. The largest absolute Gasteiger partial charge is 0.391 e. The van der Waals surface area contributed by atoms with Crippen LogP contribution >= 0.6 is 0 Å². The van der Waals surface area contributed by atoms with Crippen LogP contribution < -0.4 is 5.32 Å². The molecule has 25 heavy (non-hydrogen) atoms. The van der Waals surface area contributed by atoms with Crippen LogP contribution in [0, 0.1) is 0 Å². The molecular weight excluding hydrogens is 306 g/mol. The van der Waals surface area contributed by atoms with Gasteiger partial charge in [0, 0.05) is 12.0 Å². The Morgan fingerprint density at radius 3 is 2.64 bits per heavy atom. The second-order valence-corrected chi connectivity index (χ2v) is 8.30. The van der Waals surface area contributed by atoms with Gasteiger partial charge in [0.25, 0.3) is 0 Å². The summed E-state index contributed by atoms with van der Waals surface area (Å²) in [5, 5.41) is 14.7. The predicted octanol–water partition coefficient (Wildman–Crippen LogP) is 4.71. The van der Waals surface area contributed by atoms with Crippen molar-refractivity contribution in [3.63, 3.8) is 0 Å². The Hall–Kier alpha value is -1.64. The number of hydrogen-bond acceptors (Lipinski definition) is 2. The lowest BCUT2D eigenvalue weighted by Crippen LogP contribution is -2.39. The fraction of sp³-hybridized carbons (Fsp3) is 0.478. The lowest BCUT2D eigenvalue weighted by atomic mass is 9.81. The number of aliphatic hydroxyl groups excluding tert-OH is 1. The second-order valence-electron chi connectivity index (χ2n) is 8.30. The molecular formula is C23H31NO. The number of benzene rings is 1. The van der Waals surface area contributed by atoms with Crippen molar-refractivity contribution >= 4 is 5.57 Å². The molecule has 0 bridgehead atoms. The first-order chi connectivity index (χ1) is 11.9. The van der Waals surface area contributed by atoms with E-state index in [4.69, 9.17) is 0 Å². The quantitative estimate of drug-likeness (QED) is 0.834. The van der Waals surface area contributed by atoms with Gasteiger partial charge in [0.05, 0.1) is 6.10 Å². The summed E-state index contributed by atoms with van der Waals surface area (Å²) in [6.07, 6.45) is 7.92. The van der Waals surface area contributed by atoms with Crippen LogP contribution in [0.4, 0.5) is 0 Å². The monoisotopic (exact) mass is 337 g/mol. The van der Waals surface area contributed by atoms with Crippen molar-refractivity contribution in [3.8, 4) is 0 Å². The van der Waals surface area contributed by atoms with Crippen molar-refractivity contribution in [3.05, 3.63) is 65.3 Å². The van der Waals surface area contributed by atoms with Crippen molar-refractivity contribution < 1.29 is 5.11 Å². The third kappa shape index (κ3) is 3.26. The maximum atomic E-state index is 11.2. The second kappa shape index (κ2) is 6.93. The minimum atomic E-state index is -0.417. The van der Waals surface area contributed by atoms with Crippen LogP contribution in [0.3, 0.4) is 0 Å². The van der Waals surface area contributed by atoms with E-state index in [0.29, 0.717) is 0 Å². The van der Waals surface area contributed by atoms with Crippen LogP contribution in [-0.4, -0.2) is 23.8 Å². The topological polar surface area (TPSA) is 32.3 Å². The van der Waals surface area contributed by atoms with E-state index < -0.39 is 6.10 Å². The van der Waals surface area contributed by atoms with Gasteiger partial charge < -0.3 is 10.4 Å². The van der Waals surface area contributed by atoms with Gasteiger partial charge in [0.1, 0.15) is 0 Å². The van der Waals surface area contributed by atoms with Gasteiger partial charge in [-0.05, 0) is 59.6 Å². The lowest BCUT2D eigenvalue weighted by Gasteiger charge is -2.28. The SMILES string of the molecule is C=CC1=C(/C=C\C)C(C(O)C2CCCN2)c2cc(C(C)(C)C)ccc21.